The van der Waals surface area contributed by atoms with Crippen LogP contribution in [0.2, 0.25) is 0 Å². The predicted octanol–water partition coefficient (Wildman–Crippen LogP) is 1.03. The Morgan fingerprint density at radius 1 is 1.33 bits per heavy atom. The van der Waals surface area contributed by atoms with Gasteiger partial charge in [-0.1, -0.05) is 6.07 Å². The second-order valence-corrected chi connectivity index (χ2v) is 3.02. The van der Waals surface area contributed by atoms with Crippen LogP contribution in [-0.2, 0) is 9.59 Å². The summed E-state index contributed by atoms with van der Waals surface area (Å²) in [4.78, 5) is 21.6. The molecule has 0 saturated carbocycles. The Morgan fingerprint density at radius 3 is 2.67 bits per heavy atom. The first-order chi connectivity index (χ1) is 7.08. The van der Waals surface area contributed by atoms with E-state index in [0.29, 0.717) is 5.69 Å². The van der Waals surface area contributed by atoms with Crippen LogP contribution in [0.25, 0.3) is 0 Å². The molecule has 0 aromatic heterocycles. The zero-order chi connectivity index (χ0) is 11.3. The van der Waals surface area contributed by atoms with Crippen molar-refractivity contribution >= 4 is 17.5 Å². The molecule has 80 valence electrons. The van der Waals surface area contributed by atoms with Gasteiger partial charge in [0, 0.05) is 18.5 Å². The number of benzene rings is 1. The number of anilines is 1. The molecule has 0 spiro atoms. The fourth-order valence-corrected chi connectivity index (χ4v) is 1.03. The summed E-state index contributed by atoms with van der Waals surface area (Å²) in [5, 5.41) is 2.45. The number of halogens is 1. The lowest BCUT2D eigenvalue weighted by Crippen LogP contribution is -2.17. The standard InChI is InChI=1S/C10H11FN2O2/c11-7-2-1-3-8(6-7)13-10(15)5-4-9(12)14/h1-3,6H,4-5H2,(H2,12,14)(H,13,15). The minimum atomic E-state index is -0.538. The van der Waals surface area contributed by atoms with Gasteiger partial charge >= 0.3 is 0 Å². The minimum absolute atomic E-state index is 0.00580. The number of hydrogen-bond donors (Lipinski definition) is 2. The van der Waals surface area contributed by atoms with Crippen LogP contribution in [0, 0.1) is 5.82 Å². The lowest BCUT2D eigenvalue weighted by Gasteiger charge is -2.03. The summed E-state index contributed by atoms with van der Waals surface area (Å²) < 4.78 is 12.7. The molecular formula is C10H11FN2O2. The van der Waals surface area contributed by atoms with Gasteiger partial charge in [-0.25, -0.2) is 4.39 Å². The lowest BCUT2D eigenvalue weighted by atomic mass is 10.2. The van der Waals surface area contributed by atoms with Crippen molar-refractivity contribution in [3.8, 4) is 0 Å². The van der Waals surface area contributed by atoms with Crippen LogP contribution in [0.15, 0.2) is 24.3 Å². The molecule has 1 rings (SSSR count). The fraction of sp³-hybridized carbons (Fsp3) is 0.200. The molecule has 0 unspecified atom stereocenters. The summed E-state index contributed by atoms with van der Waals surface area (Å²) in [6.45, 7) is 0. The number of carbonyl (C=O) groups is 2. The summed E-state index contributed by atoms with van der Waals surface area (Å²) in [6, 6.07) is 5.52. The van der Waals surface area contributed by atoms with E-state index in [1.807, 2.05) is 0 Å². The molecule has 1 aromatic carbocycles. The van der Waals surface area contributed by atoms with Gasteiger partial charge in [0.1, 0.15) is 5.82 Å². The maximum atomic E-state index is 12.7. The first-order valence-corrected chi connectivity index (χ1v) is 4.41. The zero-order valence-electron chi connectivity index (χ0n) is 8.00. The highest BCUT2D eigenvalue weighted by atomic mass is 19.1. The maximum absolute atomic E-state index is 12.7. The molecule has 4 nitrogen and oxygen atoms in total. The summed E-state index contributed by atoms with van der Waals surface area (Å²) >= 11 is 0. The third-order valence-corrected chi connectivity index (χ3v) is 1.71. The number of primary amides is 1. The normalized spacial score (nSPS) is 9.67. The Kier molecular flexibility index (Phi) is 3.79. The minimum Gasteiger partial charge on any atom is -0.370 e. The van der Waals surface area contributed by atoms with E-state index in [1.54, 1.807) is 6.07 Å². The molecule has 0 radical (unpaired) electrons. The van der Waals surface area contributed by atoms with Gasteiger partial charge in [-0.2, -0.15) is 0 Å². The summed E-state index contributed by atoms with van der Waals surface area (Å²) in [6.07, 6.45) is -0.00695. The first kappa shape index (κ1) is 11.2. The van der Waals surface area contributed by atoms with Crippen molar-refractivity contribution in [2.45, 2.75) is 12.8 Å². The zero-order valence-corrected chi connectivity index (χ0v) is 8.00. The van der Waals surface area contributed by atoms with Crippen LogP contribution >= 0.6 is 0 Å². The smallest absolute Gasteiger partial charge is 0.224 e. The molecule has 5 heteroatoms. The highest BCUT2D eigenvalue weighted by molar-refractivity contribution is 5.92. The van der Waals surface area contributed by atoms with Crippen molar-refractivity contribution in [3.05, 3.63) is 30.1 Å². The summed E-state index contributed by atoms with van der Waals surface area (Å²) in [5.74, 6) is -1.33. The van der Waals surface area contributed by atoms with Crippen molar-refractivity contribution < 1.29 is 14.0 Å². The molecule has 15 heavy (non-hydrogen) atoms. The number of rotatable bonds is 4. The predicted molar refractivity (Wildman–Crippen MR) is 53.5 cm³/mol. The Bertz CT molecular complexity index is 379. The second-order valence-electron chi connectivity index (χ2n) is 3.02. The molecular weight excluding hydrogens is 199 g/mol. The average Bonchev–Trinajstić information content (AvgIpc) is 2.15. The highest BCUT2D eigenvalue weighted by Crippen LogP contribution is 2.09. The Morgan fingerprint density at radius 2 is 2.07 bits per heavy atom. The highest BCUT2D eigenvalue weighted by Gasteiger charge is 2.04. The van der Waals surface area contributed by atoms with Crippen molar-refractivity contribution in [2.24, 2.45) is 5.73 Å². The SMILES string of the molecule is NC(=O)CCC(=O)Nc1cccc(F)c1. The first-order valence-electron chi connectivity index (χ1n) is 4.41. The Hall–Kier alpha value is -1.91. The van der Waals surface area contributed by atoms with E-state index in [0.717, 1.165) is 0 Å². The van der Waals surface area contributed by atoms with Crippen molar-refractivity contribution in [3.63, 3.8) is 0 Å². The van der Waals surface area contributed by atoms with Gasteiger partial charge in [-0.05, 0) is 18.2 Å². The van der Waals surface area contributed by atoms with Crippen LogP contribution in [0.3, 0.4) is 0 Å². The molecule has 3 N–H and O–H groups in total. The third kappa shape index (κ3) is 4.21. The Balaban J connectivity index is 2.48. The van der Waals surface area contributed by atoms with Crippen LogP contribution in [-0.4, -0.2) is 11.8 Å². The number of amides is 2. The van der Waals surface area contributed by atoms with Gasteiger partial charge < -0.3 is 11.1 Å². The quantitative estimate of drug-likeness (QED) is 0.779. The maximum Gasteiger partial charge on any atom is 0.224 e. The van der Waals surface area contributed by atoms with Crippen molar-refractivity contribution in [1.82, 2.24) is 0 Å². The van der Waals surface area contributed by atoms with Gasteiger partial charge in [0.2, 0.25) is 11.8 Å². The van der Waals surface area contributed by atoms with E-state index >= 15 is 0 Å². The monoisotopic (exact) mass is 210 g/mol. The molecule has 0 aliphatic rings. The number of nitrogens with two attached hydrogens (primary N) is 1. The van der Waals surface area contributed by atoms with E-state index in [9.17, 15) is 14.0 Å². The van der Waals surface area contributed by atoms with E-state index in [2.05, 4.69) is 5.32 Å². The number of nitrogens with one attached hydrogen (secondary N) is 1. The molecule has 2 amide bonds. The molecule has 1 aromatic rings. The van der Waals surface area contributed by atoms with Crippen LogP contribution in [0.5, 0.6) is 0 Å². The molecule has 0 saturated heterocycles. The van der Waals surface area contributed by atoms with Gasteiger partial charge in [0.15, 0.2) is 0 Å². The molecule has 0 bridgehead atoms. The Labute approximate surface area is 86.3 Å². The molecule has 0 heterocycles. The largest absolute Gasteiger partial charge is 0.370 e. The van der Waals surface area contributed by atoms with Gasteiger partial charge in [-0.15, -0.1) is 0 Å². The van der Waals surface area contributed by atoms with E-state index < -0.39 is 11.7 Å². The molecule has 0 fully saturated rings. The van der Waals surface area contributed by atoms with Crippen molar-refractivity contribution in [2.75, 3.05) is 5.32 Å². The topological polar surface area (TPSA) is 72.2 Å². The van der Waals surface area contributed by atoms with Crippen LogP contribution in [0.4, 0.5) is 10.1 Å². The summed E-state index contributed by atoms with van der Waals surface area (Å²) in [5.41, 5.74) is 5.24. The summed E-state index contributed by atoms with van der Waals surface area (Å²) in [7, 11) is 0. The van der Waals surface area contributed by atoms with E-state index in [4.69, 9.17) is 5.73 Å². The number of carbonyl (C=O) groups excluding carboxylic acids is 2. The van der Waals surface area contributed by atoms with E-state index in [-0.39, 0.29) is 18.7 Å². The van der Waals surface area contributed by atoms with Crippen LogP contribution < -0.4 is 11.1 Å². The third-order valence-electron chi connectivity index (χ3n) is 1.71. The van der Waals surface area contributed by atoms with Crippen LogP contribution in [0.1, 0.15) is 12.8 Å². The molecule has 0 aliphatic carbocycles. The second kappa shape index (κ2) is 5.09. The van der Waals surface area contributed by atoms with Crippen molar-refractivity contribution in [1.29, 1.82) is 0 Å². The van der Waals surface area contributed by atoms with E-state index in [1.165, 1.54) is 18.2 Å². The lowest BCUT2D eigenvalue weighted by molar-refractivity contribution is -0.122. The van der Waals surface area contributed by atoms with Gasteiger partial charge in [0.05, 0.1) is 0 Å². The van der Waals surface area contributed by atoms with Gasteiger partial charge in [0.25, 0.3) is 0 Å². The fourth-order valence-electron chi connectivity index (χ4n) is 1.03. The molecule has 0 aliphatic heterocycles. The van der Waals surface area contributed by atoms with Gasteiger partial charge in [-0.3, -0.25) is 9.59 Å². The molecule has 0 atom stereocenters. The number of hydrogen-bond acceptors (Lipinski definition) is 2. The average molecular weight is 210 g/mol.